The Hall–Kier alpha value is -2.36. The lowest BCUT2D eigenvalue weighted by Gasteiger charge is -2.11. The molecule has 6 nitrogen and oxygen atoms in total. The van der Waals surface area contributed by atoms with Crippen LogP contribution < -0.4 is 10.1 Å². The van der Waals surface area contributed by atoms with Crippen molar-refractivity contribution in [1.82, 2.24) is 9.97 Å². The van der Waals surface area contributed by atoms with E-state index in [1.54, 1.807) is 12.1 Å². The zero-order chi connectivity index (χ0) is 16.7. The number of hydrogen-bond acceptors (Lipinski definition) is 5. The first-order valence-electron chi connectivity index (χ1n) is 6.70. The third kappa shape index (κ3) is 4.81. The van der Waals surface area contributed by atoms with E-state index in [2.05, 4.69) is 15.3 Å². The van der Waals surface area contributed by atoms with Gasteiger partial charge in [-0.2, -0.15) is 5.26 Å². The lowest BCUT2D eigenvalue weighted by molar-refractivity contribution is 0.102. The smallest absolute Gasteiger partial charge is 0.277 e. The molecule has 2 rings (SSSR count). The number of rotatable bonds is 6. The molecule has 2 aromatic heterocycles. The van der Waals surface area contributed by atoms with Gasteiger partial charge < -0.3 is 10.1 Å². The molecule has 0 aliphatic heterocycles. The van der Waals surface area contributed by atoms with Crippen LogP contribution in [0.1, 0.15) is 23.3 Å². The molecule has 1 amide bonds. The highest BCUT2D eigenvalue weighted by Crippen LogP contribution is 2.23. The van der Waals surface area contributed by atoms with Gasteiger partial charge in [0, 0.05) is 12.6 Å². The fourth-order valence-corrected chi connectivity index (χ4v) is 2.02. The van der Waals surface area contributed by atoms with Gasteiger partial charge in [0.1, 0.15) is 10.8 Å². The van der Waals surface area contributed by atoms with Crippen molar-refractivity contribution in [2.24, 2.45) is 0 Å². The highest BCUT2D eigenvalue weighted by atomic mass is 35.5. The summed E-state index contributed by atoms with van der Waals surface area (Å²) in [6.07, 6.45) is 2.50. The van der Waals surface area contributed by atoms with Crippen LogP contribution >= 0.6 is 23.2 Å². The van der Waals surface area contributed by atoms with Crippen LogP contribution in [-0.4, -0.2) is 22.5 Å². The normalized spacial score (nSPS) is 9.96. The van der Waals surface area contributed by atoms with Crippen LogP contribution in [0, 0.1) is 11.3 Å². The van der Waals surface area contributed by atoms with Crippen LogP contribution in [0.15, 0.2) is 30.5 Å². The first kappa shape index (κ1) is 17.0. The Morgan fingerprint density at radius 1 is 1.35 bits per heavy atom. The zero-order valence-corrected chi connectivity index (χ0v) is 13.4. The molecular weight excluding hydrogens is 339 g/mol. The number of carbonyl (C=O) groups is 1. The number of amides is 1. The molecule has 0 bridgehead atoms. The summed E-state index contributed by atoms with van der Waals surface area (Å²) in [4.78, 5) is 20.2. The highest BCUT2D eigenvalue weighted by molar-refractivity contribution is 6.35. The topological polar surface area (TPSA) is 87.9 Å². The minimum atomic E-state index is -0.543. The van der Waals surface area contributed by atoms with Crippen molar-refractivity contribution in [3.05, 3.63) is 46.3 Å². The minimum Gasteiger partial charge on any atom is -0.490 e. The molecule has 0 spiro atoms. The number of pyridine rings is 2. The highest BCUT2D eigenvalue weighted by Gasteiger charge is 2.16. The molecule has 2 aromatic rings. The van der Waals surface area contributed by atoms with E-state index in [-0.39, 0.29) is 21.7 Å². The van der Waals surface area contributed by atoms with E-state index >= 15 is 0 Å². The predicted octanol–water partition coefficient (Wildman–Crippen LogP) is 3.72. The van der Waals surface area contributed by atoms with E-state index < -0.39 is 5.91 Å². The molecule has 23 heavy (non-hydrogen) atoms. The molecular formula is C15H12Cl2N4O2. The second kappa shape index (κ2) is 8.32. The summed E-state index contributed by atoms with van der Waals surface area (Å²) >= 11 is 11.7. The number of unbranched alkanes of at least 4 members (excludes halogenated alkanes) is 1. The van der Waals surface area contributed by atoms with Crippen LogP contribution in [0.25, 0.3) is 0 Å². The van der Waals surface area contributed by atoms with Gasteiger partial charge in [-0.25, -0.2) is 9.97 Å². The van der Waals surface area contributed by atoms with Crippen LogP contribution in [0.5, 0.6) is 5.75 Å². The van der Waals surface area contributed by atoms with E-state index in [1.165, 1.54) is 18.3 Å². The van der Waals surface area contributed by atoms with Crippen molar-refractivity contribution in [2.45, 2.75) is 12.8 Å². The lowest BCUT2D eigenvalue weighted by Crippen LogP contribution is -2.16. The first-order chi connectivity index (χ1) is 11.1. The molecule has 2 heterocycles. The Kier molecular flexibility index (Phi) is 6.15. The van der Waals surface area contributed by atoms with Gasteiger partial charge in [-0.05, 0) is 30.7 Å². The van der Waals surface area contributed by atoms with Crippen molar-refractivity contribution >= 4 is 34.9 Å². The quantitative estimate of drug-likeness (QED) is 0.633. The average molecular weight is 351 g/mol. The summed E-state index contributed by atoms with van der Waals surface area (Å²) in [6.45, 7) is 0.346. The zero-order valence-electron chi connectivity index (χ0n) is 11.9. The average Bonchev–Trinajstić information content (AvgIpc) is 2.55. The van der Waals surface area contributed by atoms with E-state index in [0.29, 0.717) is 25.2 Å². The maximum absolute atomic E-state index is 12.3. The summed E-state index contributed by atoms with van der Waals surface area (Å²) in [5.74, 6) is 0.0994. The van der Waals surface area contributed by atoms with Gasteiger partial charge >= 0.3 is 0 Å². The van der Waals surface area contributed by atoms with Gasteiger partial charge in [0.15, 0.2) is 11.6 Å². The number of nitrogens with zero attached hydrogens (tertiary/aromatic N) is 3. The Balaban J connectivity index is 2.12. The maximum atomic E-state index is 12.3. The summed E-state index contributed by atoms with van der Waals surface area (Å²) in [7, 11) is 0. The lowest BCUT2D eigenvalue weighted by atomic mass is 10.3. The number of ether oxygens (including phenoxy) is 1. The summed E-state index contributed by atoms with van der Waals surface area (Å²) in [5, 5.41) is 11.4. The number of carbonyl (C=O) groups excluding carboxylic acids is 1. The van der Waals surface area contributed by atoms with Crippen molar-refractivity contribution in [1.29, 1.82) is 5.26 Å². The monoisotopic (exact) mass is 350 g/mol. The number of hydrogen-bond donors (Lipinski definition) is 1. The Labute approximate surface area is 143 Å². The molecule has 0 fully saturated rings. The summed E-state index contributed by atoms with van der Waals surface area (Å²) in [5.41, 5.74) is 0.000232. The van der Waals surface area contributed by atoms with Crippen molar-refractivity contribution in [2.75, 3.05) is 11.9 Å². The van der Waals surface area contributed by atoms with Gasteiger partial charge in [0.2, 0.25) is 0 Å². The van der Waals surface area contributed by atoms with Gasteiger partial charge in [0.25, 0.3) is 5.91 Å². The number of nitrogens with one attached hydrogen (secondary N) is 1. The van der Waals surface area contributed by atoms with Crippen molar-refractivity contribution in [3.63, 3.8) is 0 Å². The van der Waals surface area contributed by atoms with Crippen LogP contribution in [0.4, 0.5) is 5.82 Å². The van der Waals surface area contributed by atoms with E-state index in [1.807, 2.05) is 6.07 Å². The third-order valence-electron chi connectivity index (χ3n) is 2.72. The fraction of sp³-hybridized carbons (Fsp3) is 0.200. The predicted molar refractivity (Wildman–Crippen MR) is 86.8 cm³/mol. The summed E-state index contributed by atoms with van der Waals surface area (Å²) < 4.78 is 5.52. The van der Waals surface area contributed by atoms with E-state index in [0.717, 1.165) is 0 Å². The molecule has 0 aromatic carbocycles. The second-order valence-corrected chi connectivity index (χ2v) is 5.17. The number of halogens is 2. The Morgan fingerprint density at radius 3 is 2.96 bits per heavy atom. The molecule has 0 saturated carbocycles. The largest absolute Gasteiger partial charge is 0.490 e. The third-order valence-corrected chi connectivity index (χ3v) is 3.24. The fourth-order valence-electron chi connectivity index (χ4n) is 1.68. The molecule has 0 aliphatic rings. The molecule has 8 heteroatoms. The SMILES string of the molecule is N#CCCCOc1cccnc1NC(=O)c1nc(Cl)ccc1Cl. The van der Waals surface area contributed by atoms with Gasteiger partial charge in [-0.15, -0.1) is 0 Å². The van der Waals surface area contributed by atoms with E-state index in [9.17, 15) is 4.79 Å². The molecule has 118 valence electrons. The first-order valence-corrected chi connectivity index (χ1v) is 7.45. The van der Waals surface area contributed by atoms with Crippen molar-refractivity contribution < 1.29 is 9.53 Å². The Morgan fingerprint density at radius 2 is 2.17 bits per heavy atom. The van der Waals surface area contributed by atoms with Gasteiger partial charge in [0.05, 0.1) is 17.7 Å². The standard InChI is InChI=1S/C15H12Cl2N4O2/c16-10-5-6-12(17)20-13(10)15(22)21-14-11(4-3-8-19-14)23-9-2-1-7-18/h3-6,8H,1-2,9H2,(H,19,21,22). The molecule has 0 unspecified atom stereocenters. The maximum Gasteiger partial charge on any atom is 0.277 e. The Bertz CT molecular complexity index is 746. The van der Waals surface area contributed by atoms with Gasteiger partial charge in [-0.1, -0.05) is 23.2 Å². The van der Waals surface area contributed by atoms with Crippen LogP contribution in [-0.2, 0) is 0 Å². The summed E-state index contributed by atoms with van der Waals surface area (Å²) in [6, 6.07) is 8.36. The molecule has 0 saturated heterocycles. The molecule has 0 aliphatic carbocycles. The second-order valence-electron chi connectivity index (χ2n) is 4.38. The van der Waals surface area contributed by atoms with Crippen molar-refractivity contribution in [3.8, 4) is 11.8 Å². The molecule has 0 radical (unpaired) electrons. The molecule has 1 N–H and O–H groups in total. The van der Waals surface area contributed by atoms with Gasteiger partial charge in [-0.3, -0.25) is 4.79 Å². The van der Waals surface area contributed by atoms with E-state index in [4.69, 9.17) is 33.2 Å². The van der Waals surface area contributed by atoms with Crippen LogP contribution in [0.2, 0.25) is 10.2 Å². The number of anilines is 1. The number of aromatic nitrogens is 2. The molecule has 0 atom stereocenters. The number of nitriles is 1. The minimum absolute atomic E-state index is 0.000232. The van der Waals surface area contributed by atoms with Crippen LogP contribution in [0.3, 0.4) is 0 Å².